The average Bonchev–Trinajstić information content (AvgIpc) is 1.84. The molecule has 0 bridgehead atoms. The number of thiocarbonyl (C=S) groups is 1. The van der Waals surface area contributed by atoms with Gasteiger partial charge in [0.2, 0.25) is 0 Å². The highest BCUT2D eigenvalue weighted by Crippen LogP contribution is 2.25. The Bertz CT molecular complexity index is 242. The van der Waals surface area contributed by atoms with Crippen molar-refractivity contribution in [3.63, 3.8) is 0 Å². The van der Waals surface area contributed by atoms with Crippen molar-refractivity contribution >= 4 is 28.2 Å². The Morgan fingerprint density at radius 3 is 2.33 bits per heavy atom. The summed E-state index contributed by atoms with van der Waals surface area (Å²) < 4.78 is 0.366. The average molecular weight is 199 g/mol. The van der Waals surface area contributed by atoms with Gasteiger partial charge < -0.3 is 0 Å². The Hall–Kier alpha value is -0.330. The van der Waals surface area contributed by atoms with Crippen molar-refractivity contribution in [1.82, 2.24) is 0 Å². The summed E-state index contributed by atoms with van der Waals surface area (Å²) in [6.07, 6.45) is 1.92. The molecule has 0 aliphatic carbocycles. The number of thioether (sulfide) groups is 1. The quantitative estimate of drug-likeness (QED) is 0.503. The van der Waals surface area contributed by atoms with Crippen LogP contribution in [0.1, 0.15) is 27.7 Å². The van der Waals surface area contributed by atoms with Crippen LogP contribution in [-0.2, 0) is 0 Å². The zero-order valence-electron chi connectivity index (χ0n) is 7.84. The number of hydrogen-bond donors (Lipinski definition) is 0. The second-order valence-corrected chi connectivity index (χ2v) is 5.63. The van der Waals surface area contributed by atoms with Gasteiger partial charge in [-0.15, -0.1) is 0 Å². The van der Waals surface area contributed by atoms with Gasteiger partial charge in [-0.2, -0.15) is 5.26 Å². The summed E-state index contributed by atoms with van der Waals surface area (Å²) in [6, 6.07) is 2.19. The summed E-state index contributed by atoms with van der Waals surface area (Å²) in [4.78, 5) is 0. The number of rotatable bonds is 2. The fourth-order valence-corrected chi connectivity index (χ4v) is 2.24. The molecule has 12 heavy (non-hydrogen) atoms. The van der Waals surface area contributed by atoms with Crippen LogP contribution in [0.5, 0.6) is 0 Å². The monoisotopic (exact) mass is 199 g/mol. The van der Waals surface area contributed by atoms with Crippen LogP contribution in [0.3, 0.4) is 0 Å². The molecule has 0 heterocycles. The van der Waals surface area contributed by atoms with Gasteiger partial charge in [0.25, 0.3) is 0 Å². The van der Waals surface area contributed by atoms with Crippen molar-refractivity contribution in [3.8, 4) is 6.07 Å². The van der Waals surface area contributed by atoms with Crippen molar-refractivity contribution in [2.75, 3.05) is 0 Å². The van der Waals surface area contributed by atoms with Crippen LogP contribution in [0, 0.1) is 11.3 Å². The summed E-state index contributed by atoms with van der Waals surface area (Å²) in [7, 11) is 0. The molecule has 0 N–H and O–H groups in total. The minimum Gasteiger partial charge on any atom is -0.197 e. The molecule has 0 saturated heterocycles. The van der Waals surface area contributed by atoms with Gasteiger partial charge in [-0.25, -0.2) is 0 Å². The van der Waals surface area contributed by atoms with E-state index in [1.165, 1.54) is 17.3 Å². The van der Waals surface area contributed by atoms with E-state index in [9.17, 15) is 0 Å². The van der Waals surface area contributed by atoms with Gasteiger partial charge in [0.15, 0.2) is 0 Å². The Labute approximate surface area is 83.8 Å². The second kappa shape index (κ2) is 4.64. The molecule has 0 saturated carbocycles. The van der Waals surface area contributed by atoms with Gasteiger partial charge in [-0.1, -0.05) is 29.6 Å². The number of nitriles is 1. The van der Waals surface area contributed by atoms with Crippen LogP contribution in [0.4, 0.5) is 0 Å². The highest BCUT2D eigenvalue weighted by atomic mass is 32.2. The highest BCUT2D eigenvalue weighted by molar-refractivity contribution is 8.24. The first-order valence-electron chi connectivity index (χ1n) is 3.66. The Balaban J connectivity index is 4.23. The largest absolute Gasteiger partial charge is 0.197 e. The van der Waals surface area contributed by atoms with Crippen molar-refractivity contribution in [1.29, 1.82) is 5.26 Å². The normalized spacial score (nSPS) is 10.2. The molecule has 0 radical (unpaired) electrons. The minimum absolute atomic E-state index is 0.414. The molecule has 0 rings (SSSR count). The summed E-state index contributed by atoms with van der Waals surface area (Å²) >= 11 is 6.50. The van der Waals surface area contributed by atoms with E-state index < -0.39 is 4.75 Å². The third-order valence-electron chi connectivity index (χ3n) is 1.03. The van der Waals surface area contributed by atoms with Crippen LogP contribution in [0.15, 0.2) is 11.6 Å². The van der Waals surface area contributed by atoms with E-state index in [1.807, 2.05) is 33.8 Å². The summed E-state index contributed by atoms with van der Waals surface area (Å²) in [6.45, 7) is 7.71. The van der Waals surface area contributed by atoms with E-state index in [4.69, 9.17) is 17.5 Å². The highest BCUT2D eigenvalue weighted by Gasteiger charge is 2.18. The van der Waals surface area contributed by atoms with Gasteiger partial charge in [0.1, 0.15) is 4.75 Å². The molecule has 66 valence electrons. The molecule has 0 aromatic carbocycles. The van der Waals surface area contributed by atoms with E-state index in [1.54, 1.807) is 0 Å². The molecule has 0 spiro atoms. The van der Waals surface area contributed by atoms with Crippen LogP contribution in [-0.4, -0.2) is 8.94 Å². The molecule has 0 amide bonds. The van der Waals surface area contributed by atoms with Gasteiger partial charge >= 0.3 is 0 Å². The second-order valence-electron chi connectivity index (χ2n) is 3.26. The van der Waals surface area contributed by atoms with Crippen LogP contribution in [0.25, 0.3) is 0 Å². The van der Waals surface area contributed by atoms with Crippen LogP contribution >= 0.6 is 24.0 Å². The predicted octanol–water partition coefficient (Wildman–Crippen LogP) is 3.32. The Morgan fingerprint density at radius 2 is 2.00 bits per heavy atom. The zero-order chi connectivity index (χ0) is 9.78. The lowest BCUT2D eigenvalue weighted by Gasteiger charge is -2.12. The molecule has 0 aromatic heterocycles. The first-order chi connectivity index (χ1) is 5.37. The van der Waals surface area contributed by atoms with E-state index in [0.717, 1.165) is 4.20 Å². The fourth-order valence-electron chi connectivity index (χ4n) is 0.539. The lowest BCUT2D eigenvalue weighted by Crippen LogP contribution is -2.12. The van der Waals surface area contributed by atoms with E-state index in [-0.39, 0.29) is 0 Å². The summed E-state index contributed by atoms with van der Waals surface area (Å²) in [5.74, 6) is 0. The lowest BCUT2D eigenvalue weighted by atomic mass is 10.2. The Morgan fingerprint density at radius 1 is 1.50 bits per heavy atom. The number of hydrogen-bond acceptors (Lipinski definition) is 3. The number of nitrogens with zero attached hydrogens (tertiary/aromatic N) is 1. The van der Waals surface area contributed by atoms with Gasteiger partial charge in [0, 0.05) is 0 Å². The minimum atomic E-state index is -0.414. The molecule has 0 aliphatic rings. The molecule has 0 unspecified atom stereocenters. The van der Waals surface area contributed by atoms with Gasteiger partial charge in [-0.05, 0) is 33.8 Å². The third-order valence-corrected chi connectivity index (χ3v) is 2.32. The molecule has 3 heteroatoms. The Kier molecular flexibility index (Phi) is 4.51. The van der Waals surface area contributed by atoms with E-state index in [2.05, 4.69) is 6.07 Å². The first-order valence-corrected chi connectivity index (χ1v) is 4.89. The predicted molar refractivity (Wildman–Crippen MR) is 59.3 cm³/mol. The van der Waals surface area contributed by atoms with Crippen LogP contribution < -0.4 is 0 Å². The van der Waals surface area contributed by atoms with E-state index >= 15 is 0 Å². The van der Waals surface area contributed by atoms with Crippen LogP contribution in [0.2, 0.25) is 0 Å². The van der Waals surface area contributed by atoms with Gasteiger partial charge in [0.05, 0.1) is 10.3 Å². The maximum Gasteiger partial charge on any atom is 0.102 e. The molecule has 0 aromatic rings. The zero-order valence-corrected chi connectivity index (χ0v) is 9.47. The molecule has 0 atom stereocenters. The maximum absolute atomic E-state index is 8.73. The van der Waals surface area contributed by atoms with Gasteiger partial charge in [-0.3, -0.25) is 0 Å². The molecular weight excluding hydrogens is 186 g/mol. The smallest absolute Gasteiger partial charge is 0.102 e. The number of allylic oxidation sites excluding steroid dienone is 1. The molecular formula is C9H13NS2. The van der Waals surface area contributed by atoms with Crippen molar-refractivity contribution < 1.29 is 0 Å². The molecule has 1 nitrogen and oxygen atoms in total. The van der Waals surface area contributed by atoms with E-state index in [0.29, 0.717) is 0 Å². The standard InChI is InChI=1S/C9H13NS2/c1-7(2)5-8(11)12-9(3,4)6-10/h5H,1-4H3. The first kappa shape index (κ1) is 11.7. The summed E-state index contributed by atoms with van der Waals surface area (Å²) in [5.41, 5.74) is 1.17. The van der Waals surface area contributed by atoms with Crippen molar-refractivity contribution in [2.45, 2.75) is 32.4 Å². The van der Waals surface area contributed by atoms with Crippen molar-refractivity contribution in [2.24, 2.45) is 0 Å². The lowest BCUT2D eigenvalue weighted by molar-refractivity contribution is 0.921. The fraction of sp³-hybridized carbons (Fsp3) is 0.556. The molecule has 0 aliphatic heterocycles. The SMILES string of the molecule is CC(C)=CC(=S)SC(C)(C)C#N. The molecule has 0 fully saturated rings. The summed E-state index contributed by atoms with van der Waals surface area (Å²) in [5, 5.41) is 8.73. The maximum atomic E-state index is 8.73. The van der Waals surface area contributed by atoms with Crippen molar-refractivity contribution in [3.05, 3.63) is 11.6 Å². The topological polar surface area (TPSA) is 23.8 Å². The third kappa shape index (κ3) is 5.34.